The van der Waals surface area contributed by atoms with Gasteiger partial charge in [0.15, 0.2) is 0 Å². The number of halogens is 2. The van der Waals surface area contributed by atoms with Crippen LogP contribution in [0, 0.1) is 13.8 Å². The lowest BCUT2D eigenvalue weighted by Gasteiger charge is -2.19. The van der Waals surface area contributed by atoms with Crippen LogP contribution in [-0.2, 0) is 9.59 Å². The van der Waals surface area contributed by atoms with Crippen molar-refractivity contribution < 1.29 is 9.59 Å². The molecule has 0 aromatic heterocycles. The van der Waals surface area contributed by atoms with E-state index < -0.39 is 6.04 Å². The number of imide groups is 1. The normalized spacial score (nSPS) is 17.5. The van der Waals surface area contributed by atoms with Crippen LogP contribution in [0.3, 0.4) is 0 Å². The van der Waals surface area contributed by atoms with Crippen LogP contribution in [0.2, 0.25) is 10.0 Å². The Morgan fingerprint density at radius 2 is 1.88 bits per heavy atom. The maximum absolute atomic E-state index is 12.7. The number of hydrogen-bond acceptors (Lipinski definition) is 3. The van der Waals surface area contributed by atoms with Crippen LogP contribution in [0.5, 0.6) is 0 Å². The molecule has 1 saturated heterocycles. The smallest absolute Gasteiger partial charge is 0.256 e. The first-order valence-corrected chi connectivity index (χ1v) is 8.28. The zero-order chi connectivity index (χ0) is 17.4. The van der Waals surface area contributed by atoms with Crippen LogP contribution in [0.1, 0.15) is 17.5 Å². The molecule has 4 nitrogen and oxygen atoms in total. The molecular weight excluding hydrogens is 347 g/mol. The number of nitrogens with zero attached hydrogens (tertiary/aromatic N) is 1. The number of hydrogen-bond donors (Lipinski definition) is 1. The molecule has 1 aliphatic heterocycles. The van der Waals surface area contributed by atoms with Crippen LogP contribution in [0.4, 0.5) is 11.4 Å². The van der Waals surface area contributed by atoms with Gasteiger partial charge in [0.1, 0.15) is 6.04 Å². The van der Waals surface area contributed by atoms with E-state index in [1.54, 1.807) is 24.3 Å². The fraction of sp³-hybridized carbons (Fsp3) is 0.222. The lowest BCUT2D eigenvalue weighted by molar-refractivity contribution is -0.121. The molecule has 1 heterocycles. The molecule has 1 unspecified atom stereocenters. The minimum absolute atomic E-state index is 0.0784. The van der Waals surface area contributed by atoms with Gasteiger partial charge in [-0.15, -0.1) is 0 Å². The molecule has 1 N–H and O–H groups in total. The number of amides is 2. The average Bonchev–Trinajstić information content (AvgIpc) is 2.79. The van der Waals surface area contributed by atoms with E-state index in [1.807, 2.05) is 26.0 Å². The van der Waals surface area contributed by atoms with E-state index in [-0.39, 0.29) is 18.2 Å². The summed E-state index contributed by atoms with van der Waals surface area (Å²) in [5.41, 5.74) is 3.13. The largest absolute Gasteiger partial charge is 0.372 e. The SMILES string of the molecule is Cc1ccc(N2C(=O)CC(Nc3cccc(Cl)c3Cl)C2=O)c(C)c1. The maximum atomic E-state index is 12.7. The minimum atomic E-state index is -0.658. The number of carbonyl (C=O) groups is 2. The molecule has 124 valence electrons. The molecule has 3 rings (SSSR count). The molecule has 2 aromatic rings. The predicted octanol–water partition coefficient (Wildman–Crippen LogP) is 4.35. The van der Waals surface area contributed by atoms with E-state index in [9.17, 15) is 9.59 Å². The summed E-state index contributed by atoms with van der Waals surface area (Å²) in [5, 5.41) is 3.76. The zero-order valence-corrected chi connectivity index (χ0v) is 14.8. The second-order valence-electron chi connectivity index (χ2n) is 5.86. The van der Waals surface area contributed by atoms with E-state index in [0.717, 1.165) is 11.1 Å². The highest BCUT2D eigenvalue weighted by Crippen LogP contribution is 2.33. The van der Waals surface area contributed by atoms with Crippen LogP contribution in [0.25, 0.3) is 0 Å². The van der Waals surface area contributed by atoms with Gasteiger partial charge in [0, 0.05) is 0 Å². The second kappa shape index (κ2) is 6.46. The molecular formula is C18H16Cl2N2O2. The van der Waals surface area contributed by atoms with E-state index in [0.29, 0.717) is 21.4 Å². The number of nitrogens with one attached hydrogen (secondary N) is 1. The van der Waals surface area contributed by atoms with Gasteiger partial charge in [0.05, 0.1) is 27.8 Å². The number of aryl methyl sites for hydroxylation is 2. The Bertz CT molecular complexity index is 836. The summed E-state index contributed by atoms with van der Waals surface area (Å²) in [6, 6.07) is 10.1. The Labute approximate surface area is 150 Å². The average molecular weight is 363 g/mol. The van der Waals surface area contributed by atoms with Gasteiger partial charge >= 0.3 is 0 Å². The summed E-state index contributed by atoms with van der Waals surface area (Å²) < 4.78 is 0. The van der Waals surface area contributed by atoms with Gasteiger partial charge in [-0.05, 0) is 37.6 Å². The molecule has 0 aliphatic carbocycles. The number of anilines is 2. The van der Waals surface area contributed by atoms with Gasteiger partial charge in [0.25, 0.3) is 5.91 Å². The Morgan fingerprint density at radius 3 is 2.58 bits per heavy atom. The summed E-state index contributed by atoms with van der Waals surface area (Å²) in [6.07, 6.45) is 0.0784. The maximum Gasteiger partial charge on any atom is 0.256 e. The Kier molecular flexibility index (Phi) is 4.52. The van der Waals surface area contributed by atoms with Gasteiger partial charge in [-0.2, -0.15) is 0 Å². The summed E-state index contributed by atoms with van der Waals surface area (Å²) in [6.45, 7) is 3.85. The molecule has 1 atom stereocenters. The topological polar surface area (TPSA) is 49.4 Å². The zero-order valence-electron chi connectivity index (χ0n) is 13.3. The first kappa shape index (κ1) is 16.8. The third kappa shape index (κ3) is 2.99. The Hall–Kier alpha value is -2.04. The monoisotopic (exact) mass is 362 g/mol. The summed E-state index contributed by atoms with van der Waals surface area (Å²) >= 11 is 12.1. The highest BCUT2D eigenvalue weighted by atomic mass is 35.5. The van der Waals surface area contributed by atoms with E-state index in [2.05, 4.69) is 5.32 Å². The van der Waals surface area contributed by atoms with Crippen LogP contribution >= 0.6 is 23.2 Å². The standard InChI is InChI=1S/C18H16Cl2N2O2/c1-10-6-7-15(11(2)8-10)22-16(23)9-14(18(22)24)21-13-5-3-4-12(19)17(13)20/h3-8,14,21H,9H2,1-2H3. The summed E-state index contributed by atoms with van der Waals surface area (Å²) in [5.74, 6) is -0.523. The summed E-state index contributed by atoms with van der Waals surface area (Å²) in [4.78, 5) is 26.3. The van der Waals surface area contributed by atoms with Gasteiger partial charge < -0.3 is 5.32 Å². The van der Waals surface area contributed by atoms with Crippen molar-refractivity contribution in [3.05, 3.63) is 57.6 Å². The highest BCUT2D eigenvalue weighted by Gasteiger charge is 2.40. The Balaban J connectivity index is 1.88. The van der Waals surface area contributed by atoms with Crippen LogP contribution in [-0.4, -0.2) is 17.9 Å². The number of benzene rings is 2. The molecule has 0 spiro atoms. The van der Waals surface area contributed by atoms with Crippen molar-refractivity contribution >= 4 is 46.4 Å². The molecule has 6 heteroatoms. The quantitative estimate of drug-likeness (QED) is 0.825. The van der Waals surface area contributed by atoms with Crippen LogP contribution < -0.4 is 10.2 Å². The van der Waals surface area contributed by atoms with Crippen molar-refractivity contribution in [1.82, 2.24) is 0 Å². The lowest BCUT2D eigenvalue weighted by atomic mass is 10.1. The highest BCUT2D eigenvalue weighted by molar-refractivity contribution is 6.43. The lowest BCUT2D eigenvalue weighted by Crippen LogP contribution is -2.35. The second-order valence-corrected chi connectivity index (χ2v) is 6.64. The third-order valence-corrected chi connectivity index (χ3v) is 4.84. The van der Waals surface area contributed by atoms with Crippen LogP contribution in [0.15, 0.2) is 36.4 Å². The van der Waals surface area contributed by atoms with Crippen molar-refractivity contribution in [3.63, 3.8) is 0 Å². The molecule has 0 bridgehead atoms. The number of rotatable bonds is 3. The molecule has 0 saturated carbocycles. The first-order chi connectivity index (χ1) is 11.4. The van der Waals surface area contributed by atoms with Gasteiger partial charge in [-0.1, -0.05) is 47.0 Å². The van der Waals surface area contributed by atoms with Crippen molar-refractivity contribution in [1.29, 1.82) is 0 Å². The minimum Gasteiger partial charge on any atom is -0.372 e. The first-order valence-electron chi connectivity index (χ1n) is 7.53. The molecule has 0 radical (unpaired) electrons. The summed E-state index contributed by atoms with van der Waals surface area (Å²) in [7, 11) is 0. The number of carbonyl (C=O) groups excluding carboxylic acids is 2. The predicted molar refractivity (Wildman–Crippen MR) is 96.9 cm³/mol. The van der Waals surface area contributed by atoms with Crippen molar-refractivity contribution in [2.24, 2.45) is 0 Å². The molecule has 1 aliphatic rings. The molecule has 2 aromatic carbocycles. The third-order valence-electron chi connectivity index (χ3n) is 4.02. The van der Waals surface area contributed by atoms with Gasteiger partial charge in [0.2, 0.25) is 5.91 Å². The van der Waals surface area contributed by atoms with Crippen molar-refractivity contribution in [3.8, 4) is 0 Å². The van der Waals surface area contributed by atoms with Gasteiger partial charge in [-0.25, -0.2) is 4.90 Å². The Morgan fingerprint density at radius 1 is 1.12 bits per heavy atom. The van der Waals surface area contributed by atoms with E-state index in [1.165, 1.54) is 4.90 Å². The molecule has 1 fully saturated rings. The van der Waals surface area contributed by atoms with Crippen molar-refractivity contribution in [2.45, 2.75) is 26.3 Å². The molecule has 24 heavy (non-hydrogen) atoms. The fourth-order valence-electron chi connectivity index (χ4n) is 2.86. The molecule has 2 amide bonds. The van der Waals surface area contributed by atoms with Crippen molar-refractivity contribution in [2.75, 3.05) is 10.2 Å². The fourth-order valence-corrected chi connectivity index (χ4v) is 3.21. The van der Waals surface area contributed by atoms with E-state index >= 15 is 0 Å². The van der Waals surface area contributed by atoms with Gasteiger partial charge in [-0.3, -0.25) is 9.59 Å². The van der Waals surface area contributed by atoms with E-state index in [4.69, 9.17) is 23.2 Å².